The fourth-order valence-electron chi connectivity index (χ4n) is 4.42. The summed E-state index contributed by atoms with van der Waals surface area (Å²) in [5.41, 5.74) is 2.22. The summed E-state index contributed by atoms with van der Waals surface area (Å²) in [5, 5.41) is 14.9. The smallest absolute Gasteiger partial charge is 0.235 e. The standard InChI is InChI=1S/C22H22FN5OS/c23-18-8-4-7-17(13-18)19(20-21(29)28-22(30-20)24-15-25-28)27-11-9-26(10-12-27)14-16-5-2-1-3-6-16/h1-8,13,15,19,29H,9-12,14H2/p+2/t19-/m0/s1. The van der Waals surface area contributed by atoms with Gasteiger partial charge in [-0.1, -0.05) is 53.8 Å². The molecule has 1 aliphatic heterocycles. The number of rotatable bonds is 5. The van der Waals surface area contributed by atoms with E-state index < -0.39 is 0 Å². The van der Waals surface area contributed by atoms with Gasteiger partial charge in [-0.05, 0) is 12.1 Å². The van der Waals surface area contributed by atoms with E-state index in [9.17, 15) is 9.50 Å². The number of quaternary nitrogens is 2. The predicted molar refractivity (Wildman–Crippen MR) is 112 cm³/mol. The van der Waals surface area contributed by atoms with Crippen LogP contribution in [0.2, 0.25) is 0 Å². The zero-order valence-corrected chi connectivity index (χ0v) is 17.3. The van der Waals surface area contributed by atoms with Gasteiger partial charge in [0.25, 0.3) is 0 Å². The van der Waals surface area contributed by atoms with Gasteiger partial charge in [0.2, 0.25) is 10.8 Å². The van der Waals surface area contributed by atoms with Gasteiger partial charge in [0.05, 0.1) is 0 Å². The van der Waals surface area contributed by atoms with Crippen LogP contribution in [0.4, 0.5) is 4.39 Å². The van der Waals surface area contributed by atoms with Gasteiger partial charge in [0.1, 0.15) is 49.7 Å². The van der Waals surface area contributed by atoms with Crippen molar-refractivity contribution in [3.05, 3.63) is 82.7 Å². The second-order valence-corrected chi connectivity index (χ2v) is 8.81. The molecule has 4 aromatic rings. The van der Waals surface area contributed by atoms with Crippen LogP contribution in [0.5, 0.6) is 5.88 Å². The molecular weight excluding hydrogens is 401 g/mol. The van der Waals surface area contributed by atoms with Gasteiger partial charge in [0.15, 0.2) is 6.04 Å². The summed E-state index contributed by atoms with van der Waals surface area (Å²) in [5.74, 6) is -0.155. The van der Waals surface area contributed by atoms with Crippen molar-refractivity contribution >= 4 is 16.3 Å². The van der Waals surface area contributed by atoms with Gasteiger partial charge in [-0.2, -0.15) is 9.61 Å². The fraction of sp³-hybridized carbons (Fsp3) is 0.273. The lowest BCUT2D eigenvalue weighted by Gasteiger charge is -2.34. The average molecular weight is 426 g/mol. The lowest BCUT2D eigenvalue weighted by Crippen LogP contribution is -3.27. The molecule has 1 fully saturated rings. The summed E-state index contributed by atoms with van der Waals surface area (Å²) in [6.45, 7) is 4.95. The Balaban J connectivity index is 1.41. The Labute approximate surface area is 177 Å². The molecule has 5 rings (SSSR count). The van der Waals surface area contributed by atoms with E-state index in [-0.39, 0.29) is 17.7 Å². The number of benzene rings is 2. The SMILES string of the molecule is Oc1c([C@H](c2cccc(F)c2)[NH+]2CC[NH+](Cc3ccccc3)CC2)sc2ncnn12. The highest BCUT2D eigenvalue weighted by Gasteiger charge is 2.36. The summed E-state index contributed by atoms with van der Waals surface area (Å²) in [6, 6.07) is 17.1. The van der Waals surface area contributed by atoms with Crippen LogP contribution in [0.25, 0.3) is 4.96 Å². The van der Waals surface area contributed by atoms with Gasteiger partial charge in [-0.25, -0.2) is 9.37 Å². The van der Waals surface area contributed by atoms with E-state index in [1.54, 1.807) is 17.0 Å². The molecule has 0 radical (unpaired) electrons. The first kappa shape index (κ1) is 19.2. The number of hydrogen-bond acceptors (Lipinski definition) is 4. The van der Waals surface area contributed by atoms with E-state index in [1.807, 2.05) is 12.1 Å². The number of hydrogen-bond donors (Lipinski definition) is 3. The van der Waals surface area contributed by atoms with Crippen molar-refractivity contribution in [3.8, 4) is 5.88 Å². The Morgan fingerprint density at radius 2 is 1.87 bits per heavy atom. The maximum Gasteiger partial charge on any atom is 0.235 e. The molecule has 30 heavy (non-hydrogen) atoms. The van der Waals surface area contributed by atoms with Crippen LogP contribution in [-0.4, -0.2) is 45.9 Å². The van der Waals surface area contributed by atoms with Crippen molar-refractivity contribution in [1.82, 2.24) is 14.6 Å². The summed E-state index contributed by atoms with van der Waals surface area (Å²) >= 11 is 1.43. The molecule has 8 heteroatoms. The molecule has 1 aliphatic rings. The highest BCUT2D eigenvalue weighted by molar-refractivity contribution is 7.17. The third-order valence-electron chi connectivity index (χ3n) is 5.89. The molecule has 3 heterocycles. The van der Waals surface area contributed by atoms with Crippen LogP contribution < -0.4 is 9.80 Å². The van der Waals surface area contributed by atoms with E-state index in [1.165, 1.54) is 38.7 Å². The summed E-state index contributed by atoms with van der Waals surface area (Å²) in [7, 11) is 0. The predicted octanol–water partition coefficient (Wildman–Crippen LogP) is 0.709. The lowest BCUT2D eigenvalue weighted by atomic mass is 10.0. The average Bonchev–Trinajstić information content (AvgIpc) is 3.34. The quantitative estimate of drug-likeness (QED) is 0.442. The topological polar surface area (TPSA) is 59.3 Å². The largest absolute Gasteiger partial charge is 0.492 e. The van der Waals surface area contributed by atoms with E-state index >= 15 is 0 Å². The van der Waals surface area contributed by atoms with Crippen LogP contribution >= 0.6 is 11.3 Å². The monoisotopic (exact) mass is 425 g/mol. The number of thiazole rings is 1. The van der Waals surface area contributed by atoms with Crippen LogP contribution in [0.3, 0.4) is 0 Å². The molecule has 0 amide bonds. The third kappa shape index (κ3) is 3.69. The molecule has 1 atom stereocenters. The normalized spacial score (nSPS) is 20.4. The first-order chi connectivity index (χ1) is 14.7. The van der Waals surface area contributed by atoms with Crippen LogP contribution in [0, 0.1) is 5.82 Å². The Morgan fingerprint density at radius 3 is 2.60 bits per heavy atom. The number of nitrogens with zero attached hydrogens (tertiary/aromatic N) is 3. The second kappa shape index (κ2) is 8.14. The first-order valence-corrected chi connectivity index (χ1v) is 11.0. The minimum Gasteiger partial charge on any atom is -0.492 e. The lowest BCUT2D eigenvalue weighted by molar-refractivity contribution is -1.03. The zero-order valence-electron chi connectivity index (χ0n) is 16.5. The molecule has 0 bridgehead atoms. The van der Waals surface area contributed by atoms with E-state index in [0.717, 1.165) is 43.2 Å². The number of aromatic hydroxyl groups is 1. The van der Waals surface area contributed by atoms with Gasteiger partial charge in [0, 0.05) is 11.1 Å². The molecule has 0 aliphatic carbocycles. The third-order valence-corrected chi connectivity index (χ3v) is 6.99. The molecular formula is C22H24FN5OS+2. The molecule has 0 saturated carbocycles. The Hall–Kier alpha value is -2.81. The van der Waals surface area contributed by atoms with Crippen LogP contribution in [0.1, 0.15) is 22.0 Å². The molecule has 3 N–H and O–H groups in total. The summed E-state index contributed by atoms with van der Waals surface area (Å²) in [4.78, 5) is 8.54. The van der Waals surface area contributed by atoms with Crippen molar-refractivity contribution < 1.29 is 19.3 Å². The summed E-state index contributed by atoms with van der Waals surface area (Å²) < 4.78 is 15.5. The first-order valence-electron chi connectivity index (χ1n) is 10.2. The Bertz CT molecular complexity index is 1140. The van der Waals surface area contributed by atoms with Gasteiger partial charge in [-0.15, -0.1) is 0 Å². The maximum atomic E-state index is 14.1. The molecule has 154 valence electrons. The van der Waals surface area contributed by atoms with Crippen LogP contribution in [-0.2, 0) is 6.54 Å². The fourth-order valence-corrected chi connectivity index (χ4v) is 5.53. The van der Waals surface area contributed by atoms with Gasteiger partial charge < -0.3 is 14.9 Å². The number of halogens is 1. The van der Waals surface area contributed by atoms with E-state index in [4.69, 9.17) is 0 Å². The van der Waals surface area contributed by atoms with Crippen LogP contribution in [0.15, 0.2) is 60.9 Å². The van der Waals surface area contributed by atoms with Crippen molar-refractivity contribution in [1.29, 1.82) is 0 Å². The molecule has 6 nitrogen and oxygen atoms in total. The minimum absolute atomic E-state index is 0.105. The Morgan fingerprint density at radius 1 is 1.07 bits per heavy atom. The van der Waals surface area contributed by atoms with Crippen molar-refractivity contribution in [2.45, 2.75) is 12.6 Å². The van der Waals surface area contributed by atoms with Crippen molar-refractivity contribution in [3.63, 3.8) is 0 Å². The van der Waals surface area contributed by atoms with E-state index in [0.29, 0.717) is 4.96 Å². The molecule has 0 spiro atoms. The second-order valence-electron chi connectivity index (χ2n) is 7.80. The Kier molecular flexibility index (Phi) is 5.20. The highest BCUT2D eigenvalue weighted by atomic mass is 32.1. The molecule has 1 saturated heterocycles. The molecule has 2 aromatic carbocycles. The number of piperazine rings is 1. The molecule has 0 unspecified atom stereocenters. The highest BCUT2D eigenvalue weighted by Crippen LogP contribution is 2.34. The number of nitrogens with one attached hydrogen (secondary N) is 2. The van der Waals surface area contributed by atoms with E-state index in [2.05, 4.69) is 34.3 Å². The van der Waals surface area contributed by atoms with Crippen molar-refractivity contribution in [2.75, 3.05) is 26.2 Å². The maximum absolute atomic E-state index is 14.1. The minimum atomic E-state index is -0.260. The van der Waals surface area contributed by atoms with Gasteiger partial charge in [-0.3, -0.25) is 0 Å². The number of fused-ring (bicyclic) bond motifs is 1. The zero-order chi connectivity index (χ0) is 20.5. The summed E-state index contributed by atoms with van der Waals surface area (Å²) in [6.07, 6.45) is 1.44. The molecule has 2 aromatic heterocycles. The number of aromatic nitrogens is 3. The van der Waals surface area contributed by atoms with Crippen molar-refractivity contribution in [2.24, 2.45) is 0 Å². The van der Waals surface area contributed by atoms with Gasteiger partial charge >= 0.3 is 0 Å².